The molecular formula is C21H20FN3O4. The van der Waals surface area contributed by atoms with Gasteiger partial charge in [0.2, 0.25) is 5.43 Å². The van der Waals surface area contributed by atoms with E-state index in [2.05, 4.69) is 5.32 Å². The van der Waals surface area contributed by atoms with Gasteiger partial charge in [-0.05, 0) is 25.0 Å². The van der Waals surface area contributed by atoms with Crippen molar-refractivity contribution >= 4 is 11.8 Å². The summed E-state index contributed by atoms with van der Waals surface area (Å²) in [6, 6.07) is 4.46. The number of amides is 2. The largest absolute Gasteiger partial charge is 0.503 e. The van der Waals surface area contributed by atoms with Gasteiger partial charge in [-0.2, -0.15) is 0 Å². The maximum atomic E-state index is 14.0. The van der Waals surface area contributed by atoms with Crippen molar-refractivity contribution in [2.24, 2.45) is 0 Å². The van der Waals surface area contributed by atoms with Crippen molar-refractivity contribution in [1.82, 2.24) is 14.8 Å². The van der Waals surface area contributed by atoms with Crippen LogP contribution < -0.4 is 10.7 Å². The molecule has 2 bridgehead atoms. The minimum absolute atomic E-state index is 0.101. The van der Waals surface area contributed by atoms with E-state index in [0.29, 0.717) is 19.5 Å². The summed E-state index contributed by atoms with van der Waals surface area (Å²) < 4.78 is 15.5. The fourth-order valence-electron chi connectivity index (χ4n) is 3.72. The number of aryl methyl sites for hydroxylation is 1. The van der Waals surface area contributed by atoms with E-state index in [-0.39, 0.29) is 29.4 Å². The molecule has 4 rings (SSSR count). The SMILES string of the molecule is Cc1ccc(CNC(=O)c2cn3c(c(O)c2=O)C(=O)N2CC=CC[C@@H]3C2)c(F)c1. The number of nitrogens with zero attached hydrogens (tertiary/aromatic N) is 2. The number of pyridine rings is 1. The average molecular weight is 397 g/mol. The van der Waals surface area contributed by atoms with Crippen molar-refractivity contribution in [2.75, 3.05) is 13.1 Å². The topological polar surface area (TPSA) is 91.6 Å². The molecule has 2 N–H and O–H groups in total. The highest BCUT2D eigenvalue weighted by atomic mass is 19.1. The summed E-state index contributed by atoms with van der Waals surface area (Å²) in [5, 5.41) is 12.9. The molecule has 0 saturated heterocycles. The van der Waals surface area contributed by atoms with Crippen LogP contribution in [0.1, 0.15) is 44.4 Å². The summed E-state index contributed by atoms with van der Waals surface area (Å²) in [6.45, 7) is 2.49. The van der Waals surface area contributed by atoms with Crippen LogP contribution in [-0.2, 0) is 6.54 Å². The smallest absolute Gasteiger partial charge is 0.274 e. The number of carbonyl (C=O) groups is 2. The molecule has 2 aliphatic rings. The fourth-order valence-corrected chi connectivity index (χ4v) is 3.72. The average Bonchev–Trinajstić information content (AvgIpc) is 2.91. The minimum atomic E-state index is -0.917. The Morgan fingerprint density at radius 1 is 1.31 bits per heavy atom. The molecule has 2 aliphatic heterocycles. The minimum Gasteiger partial charge on any atom is -0.503 e. The van der Waals surface area contributed by atoms with E-state index in [1.54, 1.807) is 24.0 Å². The monoisotopic (exact) mass is 397 g/mol. The van der Waals surface area contributed by atoms with Crippen LogP contribution in [0.3, 0.4) is 0 Å². The lowest BCUT2D eigenvalue weighted by Crippen LogP contribution is -2.44. The van der Waals surface area contributed by atoms with Gasteiger partial charge in [0, 0.05) is 31.4 Å². The third kappa shape index (κ3) is 3.30. The van der Waals surface area contributed by atoms with E-state index < -0.39 is 28.8 Å². The lowest BCUT2D eigenvalue weighted by molar-refractivity contribution is 0.0688. The van der Waals surface area contributed by atoms with E-state index in [0.717, 1.165) is 5.56 Å². The van der Waals surface area contributed by atoms with Gasteiger partial charge >= 0.3 is 0 Å². The Bertz CT molecular complexity index is 1110. The molecule has 0 unspecified atom stereocenters. The first-order chi connectivity index (χ1) is 13.9. The Morgan fingerprint density at radius 2 is 2.10 bits per heavy atom. The third-order valence-corrected chi connectivity index (χ3v) is 5.32. The molecule has 0 radical (unpaired) electrons. The number of aromatic hydroxyl groups is 1. The Kier molecular flexibility index (Phi) is 4.70. The summed E-state index contributed by atoms with van der Waals surface area (Å²) in [5.74, 6) is -2.37. The second kappa shape index (κ2) is 7.20. The van der Waals surface area contributed by atoms with Crippen LogP contribution in [0.5, 0.6) is 5.75 Å². The molecule has 2 amide bonds. The molecule has 150 valence electrons. The maximum absolute atomic E-state index is 14.0. The van der Waals surface area contributed by atoms with Crippen LogP contribution in [-0.4, -0.2) is 39.5 Å². The number of rotatable bonds is 3. The number of benzene rings is 1. The van der Waals surface area contributed by atoms with Crippen molar-refractivity contribution in [1.29, 1.82) is 0 Å². The molecule has 1 aromatic carbocycles. The molecule has 2 aromatic rings. The zero-order valence-electron chi connectivity index (χ0n) is 15.8. The molecule has 8 heteroatoms. The second-order valence-electron chi connectivity index (χ2n) is 7.32. The Labute approximate surface area is 166 Å². The maximum Gasteiger partial charge on any atom is 0.274 e. The van der Waals surface area contributed by atoms with Gasteiger partial charge in [-0.1, -0.05) is 24.3 Å². The van der Waals surface area contributed by atoms with Crippen LogP contribution >= 0.6 is 0 Å². The van der Waals surface area contributed by atoms with Crippen LogP contribution in [0.15, 0.2) is 41.3 Å². The molecular weight excluding hydrogens is 377 g/mol. The zero-order chi connectivity index (χ0) is 20.7. The Morgan fingerprint density at radius 3 is 2.86 bits per heavy atom. The van der Waals surface area contributed by atoms with E-state index in [1.807, 2.05) is 12.2 Å². The first-order valence-electron chi connectivity index (χ1n) is 9.32. The quantitative estimate of drug-likeness (QED) is 0.774. The first-order valence-corrected chi connectivity index (χ1v) is 9.32. The standard InChI is InChI=1S/C21H20FN3O4/c1-12-5-6-13(16(22)8-12)9-23-20(28)15-11-25-14-4-2-3-7-24(10-14)21(29)17(25)19(27)18(15)26/h2-3,5-6,8,11,14,27H,4,7,9-10H2,1H3,(H,23,28)/t14-/m1/s1. The number of carbonyl (C=O) groups excluding carboxylic acids is 2. The number of fused-ring (bicyclic) bond motifs is 4. The van der Waals surface area contributed by atoms with Gasteiger partial charge in [0.25, 0.3) is 11.8 Å². The number of aromatic nitrogens is 1. The van der Waals surface area contributed by atoms with Crippen LogP contribution in [0.2, 0.25) is 0 Å². The highest BCUT2D eigenvalue weighted by molar-refractivity contribution is 5.99. The number of hydrogen-bond acceptors (Lipinski definition) is 4. The van der Waals surface area contributed by atoms with Crippen LogP contribution in [0.25, 0.3) is 0 Å². The normalized spacial score (nSPS) is 17.7. The van der Waals surface area contributed by atoms with Gasteiger partial charge in [-0.3, -0.25) is 14.4 Å². The van der Waals surface area contributed by atoms with E-state index in [1.165, 1.54) is 16.8 Å². The zero-order valence-corrected chi connectivity index (χ0v) is 15.8. The second-order valence-corrected chi connectivity index (χ2v) is 7.32. The summed E-state index contributed by atoms with van der Waals surface area (Å²) >= 11 is 0. The molecule has 0 fully saturated rings. The molecule has 1 atom stereocenters. The summed E-state index contributed by atoms with van der Waals surface area (Å²) in [4.78, 5) is 39.4. The van der Waals surface area contributed by atoms with Crippen molar-refractivity contribution in [3.8, 4) is 5.75 Å². The molecule has 3 heterocycles. The third-order valence-electron chi connectivity index (χ3n) is 5.32. The lowest BCUT2D eigenvalue weighted by atomic mass is 10.1. The number of halogens is 1. The van der Waals surface area contributed by atoms with Crippen molar-refractivity contribution in [3.63, 3.8) is 0 Å². The lowest BCUT2D eigenvalue weighted by Gasteiger charge is -2.34. The number of allylic oxidation sites excluding steroid dienone is 1. The van der Waals surface area contributed by atoms with E-state index in [9.17, 15) is 23.9 Å². The predicted octanol–water partition coefficient (Wildman–Crippen LogP) is 1.89. The molecule has 0 aliphatic carbocycles. The number of nitrogens with one attached hydrogen (secondary N) is 1. The molecule has 1 aromatic heterocycles. The Hall–Kier alpha value is -3.42. The summed E-state index contributed by atoms with van der Waals surface area (Å²) in [6.07, 6.45) is 5.72. The highest BCUT2D eigenvalue weighted by Crippen LogP contribution is 2.29. The van der Waals surface area contributed by atoms with Crippen LogP contribution in [0.4, 0.5) is 4.39 Å². The summed E-state index contributed by atoms with van der Waals surface area (Å²) in [7, 11) is 0. The number of hydrogen-bond donors (Lipinski definition) is 2. The summed E-state index contributed by atoms with van der Waals surface area (Å²) in [5.41, 5.74) is -0.263. The van der Waals surface area contributed by atoms with Crippen molar-refractivity contribution in [2.45, 2.75) is 25.9 Å². The van der Waals surface area contributed by atoms with E-state index >= 15 is 0 Å². The molecule has 0 saturated carbocycles. The first kappa shape index (κ1) is 18.9. The van der Waals surface area contributed by atoms with Gasteiger partial charge in [-0.25, -0.2) is 4.39 Å². The van der Waals surface area contributed by atoms with Gasteiger partial charge < -0.3 is 19.9 Å². The Balaban J connectivity index is 1.66. The van der Waals surface area contributed by atoms with Gasteiger partial charge in [-0.15, -0.1) is 0 Å². The fraction of sp³-hybridized carbons (Fsp3) is 0.286. The van der Waals surface area contributed by atoms with E-state index in [4.69, 9.17) is 0 Å². The van der Waals surface area contributed by atoms with Crippen molar-refractivity contribution in [3.05, 3.63) is 75.0 Å². The van der Waals surface area contributed by atoms with Crippen molar-refractivity contribution < 1.29 is 19.1 Å². The molecule has 0 spiro atoms. The van der Waals surface area contributed by atoms with Gasteiger partial charge in [0.15, 0.2) is 11.4 Å². The van der Waals surface area contributed by atoms with Gasteiger partial charge in [0.1, 0.15) is 11.4 Å². The molecule has 7 nitrogen and oxygen atoms in total. The highest BCUT2D eigenvalue weighted by Gasteiger charge is 2.35. The van der Waals surface area contributed by atoms with Gasteiger partial charge in [0.05, 0.1) is 6.04 Å². The molecule has 29 heavy (non-hydrogen) atoms. The predicted molar refractivity (Wildman–Crippen MR) is 103 cm³/mol. The van der Waals surface area contributed by atoms with Crippen LogP contribution in [0, 0.1) is 12.7 Å².